The maximum atomic E-state index is 11.1. The van der Waals surface area contributed by atoms with Crippen molar-refractivity contribution in [2.45, 2.75) is 13.8 Å². The second-order valence-electron chi connectivity index (χ2n) is 2.77. The van der Waals surface area contributed by atoms with Gasteiger partial charge in [0.2, 0.25) is 5.88 Å². The van der Waals surface area contributed by atoms with Crippen LogP contribution in [0.3, 0.4) is 0 Å². The normalized spacial score (nSPS) is 9.64. The molecule has 0 aliphatic rings. The van der Waals surface area contributed by atoms with Gasteiger partial charge in [0.25, 0.3) is 0 Å². The molecule has 0 unspecified atom stereocenters. The van der Waals surface area contributed by atoms with Crippen molar-refractivity contribution in [1.29, 1.82) is 0 Å². The lowest BCUT2D eigenvalue weighted by molar-refractivity contribution is 0.0600. The minimum atomic E-state index is -0.386. The van der Waals surface area contributed by atoms with Gasteiger partial charge in [-0.1, -0.05) is 0 Å². The fourth-order valence-corrected chi connectivity index (χ4v) is 1.08. The molecule has 0 radical (unpaired) electrons. The number of carbonyl (C=O) groups is 1. The first-order valence-electron chi connectivity index (χ1n) is 4.36. The molecule has 0 saturated heterocycles. The number of carbonyl (C=O) groups excluding carboxylic acids is 1. The number of aromatic nitrogens is 1. The molecule has 0 saturated carbocycles. The van der Waals surface area contributed by atoms with Crippen LogP contribution in [0.4, 0.5) is 0 Å². The van der Waals surface area contributed by atoms with Crippen LogP contribution in [0.15, 0.2) is 12.3 Å². The average Bonchev–Trinajstić information content (AvgIpc) is 2.20. The van der Waals surface area contributed by atoms with Gasteiger partial charge in [0.1, 0.15) is 0 Å². The summed E-state index contributed by atoms with van der Waals surface area (Å²) < 4.78 is 9.81. The largest absolute Gasteiger partial charge is 0.478 e. The van der Waals surface area contributed by atoms with E-state index in [1.54, 1.807) is 6.07 Å². The summed E-state index contributed by atoms with van der Waals surface area (Å²) in [6.07, 6.45) is 1.45. The number of hydrogen-bond donors (Lipinski definition) is 0. The molecule has 4 nitrogen and oxygen atoms in total. The zero-order valence-electron chi connectivity index (χ0n) is 8.53. The van der Waals surface area contributed by atoms with Crippen molar-refractivity contribution in [2.75, 3.05) is 13.7 Å². The van der Waals surface area contributed by atoms with Crippen molar-refractivity contribution in [1.82, 2.24) is 4.98 Å². The highest BCUT2D eigenvalue weighted by atomic mass is 16.5. The first kappa shape index (κ1) is 10.5. The van der Waals surface area contributed by atoms with Crippen molar-refractivity contribution in [3.05, 3.63) is 23.4 Å². The molecular weight excluding hydrogens is 182 g/mol. The van der Waals surface area contributed by atoms with Gasteiger partial charge in [-0.25, -0.2) is 9.78 Å². The van der Waals surface area contributed by atoms with Gasteiger partial charge in [-0.15, -0.1) is 0 Å². The Morgan fingerprint density at radius 2 is 2.29 bits per heavy atom. The minimum absolute atomic E-state index is 0.386. The molecule has 0 bridgehead atoms. The summed E-state index contributed by atoms with van der Waals surface area (Å²) in [6, 6.07) is 1.70. The third-order valence-electron chi connectivity index (χ3n) is 1.73. The molecule has 0 atom stereocenters. The summed E-state index contributed by atoms with van der Waals surface area (Å²) in [4.78, 5) is 15.1. The van der Waals surface area contributed by atoms with Gasteiger partial charge in [-0.3, -0.25) is 0 Å². The molecule has 14 heavy (non-hydrogen) atoms. The van der Waals surface area contributed by atoms with Crippen LogP contribution in [0.5, 0.6) is 5.88 Å². The molecule has 0 spiro atoms. The van der Waals surface area contributed by atoms with Gasteiger partial charge in [-0.05, 0) is 19.9 Å². The Kier molecular flexibility index (Phi) is 3.45. The summed E-state index contributed by atoms with van der Waals surface area (Å²) in [6.45, 7) is 4.28. The molecule has 1 rings (SSSR count). The Morgan fingerprint density at radius 3 is 2.79 bits per heavy atom. The number of aryl methyl sites for hydroxylation is 1. The summed E-state index contributed by atoms with van der Waals surface area (Å²) >= 11 is 0. The Morgan fingerprint density at radius 1 is 1.57 bits per heavy atom. The van der Waals surface area contributed by atoms with E-state index in [0.717, 1.165) is 5.56 Å². The first-order chi connectivity index (χ1) is 6.69. The van der Waals surface area contributed by atoms with E-state index in [1.807, 2.05) is 13.8 Å². The molecule has 0 aromatic carbocycles. The van der Waals surface area contributed by atoms with Crippen LogP contribution in [0.1, 0.15) is 22.8 Å². The van der Waals surface area contributed by atoms with Gasteiger partial charge < -0.3 is 9.47 Å². The van der Waals surface area contributed by atoms with Crippen LogP contribution >= 0.6 is 0 Å². The molecule has 4 heteroatoms. The van der Waals surface area contributed by atoms with Gasteiger partial charge in [0.05, 0.1) is 19.3 Å². The van der Waals surface area contributed by atoms with E-state index in [2.05, 4.69) is 9.72 Å². The highest BCUT2D eigenvalue weighted by molar-refractivity contribution is 5.89. The highest BCUT2D eigenvalue weighted by Gasteiger charge is 2.08. The van der Waals surface area contributed by atoms with Crippen molar-refractivity contribution in [3.8, 4) is 5.88 Å². The van der Waals surface area contributed by atoms with E-state index in [-0.39, 0.29) is 5.97 Å². The zero-order chi connectivity index (χ0) is 10.6. The molecule has 0 aliphatic heterocycles. The highest BCUT2D eigenvalue weighted by Crippen LogP contribution is 2.15. The van der Waals surface area contributed by atoms with Gasteiger partial charge in [0, 0.05) is 11.8 Å². The van der Waals surface area contributed by atoms with E-state index in [0.29, 0.717) is 18.1 Å². The van der Waals surface area contributed by atoms with Gasteiger partial charge in [0.15, 0.2) is 0 Å². The molecule has 1 heterocycles. The van der Waals surface area contributed by atoms with Crippen LogP contribution in [0.25, 0.3) is 0 Å². The molecule has 0 fully saturated rings. The average molecular weight is 195 g/mol. The number of hydrogen-bond acceptors (Lipinski definition) is 4. The zero-order valence-corrected chi connectivity index (χ0v) is 8.53. The molecule has 1 aromatic rings. The van der Waals surface area contributed by atoms with Crippen LogP contribution in [0, 0.1) is 6.92 Å². The topological polar surface area (TPSA) is 48.4 Å². The Labute approximate surface area is 82.9 Å². The van der Waals surface area contributed by atoms with Crippen molar-refractivity contribution < 1.29 is 14.3 Å². The number of nitrogens with zero attached hydrogens (tertiary/aromatic N) is 1. The quantitative estimate of drug-likeness (QED) is 0.687. The second-order valence-corrected chi connectivity index (χ2v) is 2.77. The Hall–Kier alpha value is -1.58. The fraction of sp³-hybridized carbons (Fsp3) is 0.400. The smallest absolute Gasteiger partial charge is 0.339 e. The predicted octanol–water partition coefficient (Wildman–Crippen LogP) is 1.58. The summed E-state index contributed by atoms with van der Waals surface area (Å²) in [5.74, 6) is 0.170. The number of pyridine rings is 1. The van der Waals surface area contributed by atoms with E-state index < -0.39 is 0 Å². The van der Waals surface area contributed by atoms with Gasteiger partial charge in [-0.2, -0.15) is 0 Å². The lowest BCUT2D eigenvalue weighted by Gasteiger charge is -2.06. The molecule has 0 N–H and O–H groups in total. The second kappa shape index (κ2) is 4.60. The fourth-order valence-electron chi connectivity index (χ4n) is 1.08. The maximum Gasteiger partial charge on any atom is 0.339 e. The van der Waals surface area contributed by atoms with E-state index >= 15 is 0 Å². The van der Waals surface area contributed by atoms with Crippen molar-refractivity contribution in [2.24, 2.45) is 0 Å². The Balaban J connectivity index is 2.94. The SMILES string of the molecule is CCOc1ncc(C(=O)OC)cc1C. The molecule has 76 valence electrons. The predicted molar refractivity (Wildman–Crippen MR) is 51.5 cm³/mol. The molecule has 1 aromatic heterocycles. The minimum Gasteiger partial charge on any atom is -0.478 e. The van der Waals surface area contributed by atoms with Crippen LogP contribution in [0.2, 0.25) is 0 Å². The first-order valence-corrected chi connectivity index (χ1v) is 4.36. The van der Waals surface area contributed by atoms with Crippen molar-refractivity contribution >= 4 is 5.97 Å². The van der Waals surface area contributed by atoms with Gasteiger partial charge >= 0.3 is 5.97 Å². The molecule has 0 aliphatic carbocycles. The molecular formula is C10H13NO3. The standard InChI is InChI=1S/C10H13NO3/c1-4-14-9-7(2)5-8(6-11-9)10(12)13-3/h5-6H,4H2,1-3H3. The third-order valence-corrected chi connectivity index (χ3v) is 1.73. The lowest BCUT2D eigenvalue weighted by Crippen LogP contribution is -2.04. The third kappa shape index (κ3) is 2.22. The van der Waals surface area contributed by atoms with Crippen LogP contribution in [-0.2, 0) is 4.74 Å². The number of methoxy groups -OCH3 is 1. The number of esters is 1. The lowest BCUT2D eigenvalue weighted by atomic mass is 10.2. The number of rotatable bonds is 3. The van der Waals surface area contributed by atoms with Crippen LogP contribution < -0.4 is 4.74 Å². The maximum absolute atomic E-state index is 11.1. The van der Waals surface area contributed by atoms with Crippen LogP contribution in [-0.4, -0.2) is 24.7 Å². The summed E-state index contributed by atoms with van der Waals surface area (Å²) in [5, 5.41) is 0. The summed E-state index contributed by atoms with van der Waals surface area (Å²) in [7, 11) is 1.34. The molecule has 0 amide bonds. The number of ether oxygens (including phenoxy) is 2. The van der Waals surface area contributed by atoms with E-state index in [9.17, 15) is 4.79 Å². The van der Waals surface area contributed by atoms with Crippen molar-refractivity contribution in [3.63, 3.8) is 0 Å². The summed E-state index contributed by atoms with van der Waals surface area (Å²) in [5.41, 5.74) is 1.27. The van der Waals surface area contributed by atoms with E-state index in [4.69, 9.17) is 4.74 Å². The Bertz CT molecular complexity index is 336. The van der Waals surface area contributed by atoms with E-state index in [1.165, 1.54) is 13.3 Å². The monoisotopic (exact) mass is 195 g/mol.